The maximum absolute atomic E-state index is 5.12. The molecule has 0 aromatic heterocycles. The fourth-order valence-corrected chi connectivity index (χ4v) is 1.29. The molecule has 0 aliphatic carbocycles. The molecule has 3 nitrogen and oxygen atoms in total. The molecule has 0 radical (unpaired) electrons. The molecule has 60 valence electrons. The quantitative estimate of drug-likeness (QED) is 0.355. The van der Waals surface area contributed by atoms with Crippen LogP contribution in [0.25, 0.3) is 0 Å². The Bertz CT molecular complexity index is 99.2. The van der Waals surface area contributed by atoms with Crippen molar-refractivity contribution in [3.8, 4) is 0 Å². The van der Waals surface area contributed by atoms with Gasteiger partial charge in [-0.05, 0) is 12.2 Å². The monoisotopic (exact) mass is 161 g/mol. The van der Waals surface area contributed by atoms with Crippen molar-refractivity contribution in [2.24, 2.45) is 16.5 Å². The van der Waals surface area contributed by atoms with Crippen molar-refractivity contribution in [2.45, 2.75) is 19.8 Å². The minimum absolute atomic E-state index is 0.184. The maximum atomic E-state index is 5.12. The highest BCUT2D eigenvalue weighted by Crippen LogP contribution is 2.03. The molecule has 0 aliphatic heterocycles. The molecular formula is C6H15N3S. The average Bonchev–Trinajstić information content (AvgIpc) is 1.87. The van der Waals surface area contributed by atoms with Gasteiger partial charge in [-0.3, -0.25) is 0 Å². The number of hydrogen-bond acceptors (Lipinski definition) is 2. The first kappa shape index (κ1) is 9.62. The predicted molar refractivity (Wildman–Crippen MR) is 48.0 cm³/mol. The zero-order valence-electron chi connectivity index (χ0n) is 6.34. The van der Waals surface area contributed by atoms with Crippen molar-refractivity contribution < 1.29 is 0 Å². The fourth-order valence-electron chi connectivity index (χ4n) is 0.431. The topological polar surface area (TPSA) is 64.4 Å². The van der Waals surface area contributed by atoms with E-state index in [-0.39, 0.29) is 5.96 Å². The summed E-state index contributed by atoms with van der Waals surface area (Å²) in [5, 5.41) is 0. The number of aliphatic imine (C=N–C) groups is 1. The van der Waals surface area contributed by atoms with Gasteiger partial charge in [0, 0.05) is 0 Å². The molecule has 0 bridgehead atoms. The van der Waals surface area contributed by atoms with Gasteiger partial charge in [-0.25, -0.2) is 4.99 Å². The van der Waals surface area contributed by atoms with Crippen LogP contribution in [0.15, 0.2) is 4.99 Å². The molecule has 0 spiro atoms. The molecule has 0 fully saturated rings. The van der Waals surface area contributed by atoms with Gasteiger partial charge in [0.1, 0.15) is 0 Å². The number of rotatable bonds is 5. The summed E-state index contributed by atoms with van der Waals surface area (Å²) < 4.78 is 0. The SMILES string of the molecule is CCCCSCN=C(N)N. The van der Waals surface area contributed by atoms with Crippen LogP contribution < -0.4 is 11.5 Å². The zero-order chi connectivity index (χ0) is 7.82. The van der Waals surface area contributed by atoms with E-state index in [9.17, 15) is 0 Å². The lowest BCUT2D eigenvalue weighted by Gasteiger charge is -1.94. The molecule has 0 saturated heterocycles. The first-order chi connectivity index (χ1) is 4.77. The summed E-state index contributed by atoms with van der Waals surface area (Å²) in [6.45, 7) is 2.17. The van der Waals surface area contributed by atoms with Gasteiger partial charge in [0.2, 0.25) is 0 Å². The second-order valence-corrected chi connectivity index (χ2v) is 3.05. The van der Waals surface area contributed by atoms with E-state index < -0.39 is 0 Å². The summed E-state index contributed by atoms with van der Waals surface area (Å²) in [5.41, 5.74) is 10.2. The Kier molecular flexibility index (Phi) is 6.48. The van der Waals surface area contributed by atoms with Crippen molar-refractivity contribution in [1.82, 2.24) is 0 Å². The normalized spacial score (nSPS) is 9.30. The predicted octanol–water partition coefficient (Wildman–Crippen LogP) is 0.751. The molecule has 0 aromatic carbocycles. The minimum Gasteiger partial charge on any atom is -0.370 e. The van der Waals surface area contributed by atoms with Crippen molar-refractivity contribution in [3.05, 3.63) is 0 Å². The van der Waals surface area contributed by atoms with Gasteiger partial charge in [0.25, 0.3) is 0 Å². The molecule has 10 heavy (non-hydrogen) atoms. The Labute approximate surface area is 66.3 Å². The molecule has 0 atom stereocenters. The van der Waals surface area contributed by atoms with E-state index in [0.29, 0.717) is 5.88 Å². The van der Waals surface area contributed by atoms with Gasteiger partial charge in [0.05, 0.1) is 5.88 Å². The van der Waals surface area contributed by atoms with E-state index in [1.165, 1.54) is 12.8 Å². The molecule has 4 N–H and O–H groups in total. The number of unbranched alkanes of at least 4 members (excludes halogenated alkanes) is 1. The number of thioether (sulfide) groups is 1. The zero-order valence-corrected chi connectivity index (χ0v) is 7.16. The lowest BCUT2D eigenvalue weighted by molar-refractivity contribution is 0.896. The maximum Gasteiger partial charge on any atom is 0.186 e. The summed E-state index contributed by atoms with van der Waals surface area (Å²) in [5.74, 6) is 2.03. The number of guanidine groups is 1. The summed E-state index contributed by atoms with van der Waals surface area (Å²) in [6, 6.07) is 0. The largest absolute Gasteiger partial charge is 0.370 e. The molecule has 0 unspecified atom stereocenters. The van der Waals surface area contributed by atoms with Crippen LogP contribution in [0.5, 0.6) is 0 Å². The molecular weight excluding hydrogens is 146 g/mol. The highest BCUT2D eigenvalue weighted by molar-refractivity contribution is 7.99. The van der Waals surface area contributed by atoms with Crippen LogP contribution in [0, 0.1) is 0 Å². The van der Waals surface area contributed by atoms with Gasteiger partial charge in [-0.2, -0.15) is 0 Å². The third-order valence-corrected chi connectivity index (χ3v) is 1.87. The lowest BCUT2D eigenvalue weighted by atomic mass is 10.4. The third-order valence-electron chi connectivity index (χ3n) is 0.981. The highest BCUT2D eigenvalue weighted by atomic mass is 32.2. The lowest BCUT2D eigenvalue weighted by Crippen LogP contribution is -2.22. The Morgan fingerprint density at radius 1 is 1.50 bits per heavy atom. The van der Waals surface area contributed by atoms with E-state index in [4.69, 9.17) is 11.5 Å². The van der Waals surface area contributed by atoms with Crippen LogP contribution in [-0.2, 0) is 0 Å². The van der Waals surface area contributed by atoms with Crippen LogP contribution in [0.1, 0.15) is 19.8 Å². The van der Waals surface area contributed by atoms with Crippen LogP contribution >= 0.6 is 11.8 Å². The number of nitrogens with two attached hydrogens (primary N) is 2. The molecule has 0 amide bonds. The Hall–Kier alpha value is -0.380. The third kappa shape index (κ3) is 7.62. The van der Waals surface area contributed by atoms with Crippen molar-refractivity contribution >= 4 is 17.7 Å². The van der Waals surface area contributed by atoms with Crippen LogP contribution in [0.3, 0.4) is 0 Å². The van der Waals surface area contributed by atoms with E-state index in [1.54, 1.807) is 11.8 Å². The van der Waals surface area contributed by atoms with Gasteiger partial charge in [-0.15, -0.1) is 11.8 Å². The Morgan fingerprint density at radius 3 is 2.70 bits per heavy atom. The van der Waals surface area contributed by atoms with Crippen LogP contribution in [-0.4, -0.2) is 17.6 Å². The highest BCUT2D eigenvalue weighted by Gasteiger charge is 1.85. The fraction of sp³-hybridized carbons (Fsp3) is 0.833. The second-order valence-electron chi connectivity index (χ2n) is 1.97. The summed E-state index contributed by atoms with van der Waals surface area (Å²) in [6.07, 6.45) is 2.47. The molecule has 0 aliphatic rings. The first-order valence-electron chi connectivity index (χ1n) is 3.40. The van der Waals surface area contributed by atoms with E-state index >= 15 is 0 Å². The number of nitrogens with zero attached hydrogens (tertiary/aromatic N) is 1. The van der Waals surface area contributed by atoms with E-state index in [1.807, 2.05) is 0 Å². The minimum atomic E-state index is 0.184. The molecule has 4 heteroatoms. The summed E-state index contributed by atoms with van der Waals surface area (Å²) in [4.78, 5) is 3.83. The molecule has 0 saturated carbocycles. The standard InChI is InChI=1S/C6H15N3S/c1-2-3-4-10-5-9-6(7)8/h2-5H2,1H3,(H4,7,8,9). The molecule has 0 rings (SSSR count). The summed E-state index contributed by atoms with van der Waals surface area (Å²) in [7, 11) is 0. The second kappa shape index (κ2) is 6.74. The van der Waals surface area contributed by atoms with Gasteiger partial charge in [-0.1, -0.05) is 13.3 Å². The van der Waals surface area contributed by atoms with Crippen molar-refractivity contribution in [2.75, 3.05) is 11.6 Å². The van der Waals surface area contributed by atoms with Gasteiger partial charge in [0.15, 0.2) is 5.96 Å². The van der Waals surface area contributed by atoms with Gasteiger partial charge < -0.3 is 11.5 Å². The number of hydrogen-bond donors (Lipinski definition) is 2. The molecule has 0 aromatic rings. The molecule has 0 heterocycles. The average molecular weight is 161 g/mol. The van der Waals surface area contributed by atoms with Crippen molar-refractivity contribution in [1.29, 1.82) is 0 Å². The first-order valence-corrected chi connectivity index (χ1v) is 4.56. The van der Waals surface area contributed by atoms with Crippen LogP contribution in [0.4, 0.5) is 0 Å². The Balaban J connectivity index is 2.98. The van der Waals surface area contributed by atoms with Gasteiger partial charge >= 0.3 is 0 Å². The summed E-state index contributed by atoms with van der Waals surface area (Å²) >= 11 is 1.76. The van der Waals surface area contributed by atoms with Crippen molar-refractivity contribution in [3.63, 3.8) is 0 Å². The van der Waals surface area contributed by atoms with Crippen LogP contribution in [0.2, 0.25) is 0 Å². The Morgan fingerprint density at radius 2 is 2.20 bits per heavy atom. The van der Waals surface area contributed by atoms with E-state index in [0.717, 1.165) is 5.75 Å². The smallest absolute Gasteiger partial charge is 0.186 e. The van der Waals surface area contributed by atoms with E-state index in [2.05, 4.69) is 11.9 Å².